The SMILES string of the molecule is CC(=O)N(c1c[nH]c2ccc(OCc3ccccc3)cc12)[C@H]1CC[C@@H](Nc2nc3c(c(N(C)C)n2)CCCC3)CC1. The second-order valence-electron chi connectivity index (χ2n) is 11.6. The minimum Gasteiger partial charge on any atom is -0.489 e. The number of hydrogen-bond donors (Lipinski definition) is 2. The van der Waals surface area contributed by atoms with Crippen LogP contribution >= 0.6 is 0 Å². The van der Waals surface area contributed by atoms with E-state index in [1.807, 2.05) is 47.5 Å². The van der Waals surface area contributed by atoms with E-state index in [4.69, 9.17) is 14.7 Å². The number of hydrogen-bond acceptors (Lipinski definition) is 6. The first kappa shape index (κ1) is 27.1. The third-order valence-corrected chi connectivity index (χ3v) is 8.46. The molecule has 41 heavy (non-hydrogen) atoms. The second-order valence-corrected chi connectivity index (χ2v) is 11.6. The van der Waals surface area contributed by atoms with Crippen molar-refractivity contribution >= 4 is 34.3 Å². The lowest BCUT2D eigenvalue weighted by molar-refractivity contribution is -0.117. The number of aryl methyl sites for hydroxylation is 1. The molecule has 0 unspecified atom stereocenters. The highest BCUT2D eigenvalue weighted by Crippen LogP contribution is 2.36. The number of fused-ring (bicyclic) bond motifs is 2. The molecule has 2 aliphatic carbocycles. The molecule has 2 aromatic carbocycles. The number of carbonyl (C=O) groups excluding carboxylic acids is 1. The first-order valence-electron chi connectivity index (χ1n) is 14.9. The van der Waals surface area contributed by atoms with Gasteiger partial charge in [-0.3, -0.25) is 4.79 Å². The van der Waals surface area contributed by atoms with E-state index in [9.17, 15) is 4.79 Å². The van der Waals surface area contributed by atoms with Gasteiger partial charge in [-0.2, -0.15) is 4.98 Å². The fourth-order valence-electron chi connectivity index (χ4n) is 6.41. The Morgan fingerprint density at radius 2 is 1.80 bits per heavy atom. The van der Waals surface area contributed by atoms with Crippen molar-refractivity contribution in [3.8, 4) is 5.75 Å². The van der Waals surface area contributed by atoms with Gasteiger partial charge in [-0.1, -0.05) is 30.3 Å². The molecule has 0 radical (unpaired) electrons. The number of aromatic amines is 1. The predicted octanol–water partition coefficient (Wildman–Crippen LogP) is 6.26. The summed E-state index contributed by atoms with van der Waals surface area (Å²) >= 11 is 0. The zero-order valence-electron chi connectivity index (χ0n) is 24.3. The average Bonchev–Trinajstić information content (AvgIpc) is 3.39. The fourth-order valence-corrected chi connectivity index (χ4v) is 6.41. The van der Waals surface area contributed by atoms with E-state index in [2.05, 4.69) is 41.4 Å². The van der Waals surface area contributed by atoms with Gasteiger partial charge in [0, 0.05) is 55.8 Å². The zero-order valence-corrected chi connectivity index (χ0v) is 24.3. The maximum Gasteiger partial charge on any atom is 0.225 e. The molecule has 8 nitrogen and oxygen atoms in total. The summed E-state index contributed by atoms with van der Waals surface area (Å²) in [5.41, 5.74) is 5.54. The first-order valence-corrected chi connectivity index (χ1v) is 14.9. The van der Waals surface area contributed by atoms with Crippen molar-refractivity contribution in [1.29, 1.82) is 0 Å². The van der Waals surface area contributed by atoms with E-state index >= 15 is 0 Å². The van der Waals surface area contributed by atoms with Crippen molar-refractivity contribution in [2.24, 2.45) is 0 Å². The molecule has 0 bridgehead atoms. The number of H-pyrrole nitrogens is 1. The molecule has 2 heterocycles. The van der Waals surface area contributed by atoms with Crippen molar-refractivity contribution < 1.29 is 9.53 Å². The molecule has 1 amide bonds. The van der Waals surface area contributed by atoms with Crippen LogP contribution in [0.2, 0.25) is 0 Å². The Kier molecular flexibility index (Phi) is 7.81. The van der Waals surface area contributed by atoms with Crippen molar-refractivity contribution in [2.75, 3.05) is 29.2 Å². The molecule has 0 spiro atoms. The molecule has 0 saturated heterocycles. The van der Waals surface area contributed by atoms with Crippen molar-refractivity contribution in [1.82, 2.24) is 15.0 Å². The minimum atomic E-state index is 0.0616. The fraction of sp³-hybridized carbons (Fsp3) is 0.424. The van der Waals surface area contributed by atoms with Crippen LogP contribution in [0.5, 0.6) is 5.75 Å². The molecule has 1 fully saturated rings. The maximum absolute atomic E-state index is 13.0. The van der Waals surface area contributed by atoms with Crippen LogP contribution in [-0.4, -0.2) is 47.0 Å². The standard InChI is InChI=1S/C33H40N6O2/c1-22(40)39(31-20-34-29-18-17-26(19-28(29)31)41-21-23-9-5-4-6-10-23)25-15-13-24(14-16-25)35-33-36-30-12-8-7-11-27(30)32(37-33)38(2)3/h4-6,9-10,17-20,24-25,34H,7-8,11-16,21H2,1-3H3,(H,35,36,37)/t24-,25+. The van der Waals surface area contributed by atoms with Gasteiger partial charge in [-0.05, 0) is 75.1 Å². The summed E-state index contributed by atoms with van der Waals surface area (Å²) < 4.78 is 6.10. The monoisotopic (exact) mass is 552 g/mol. The number of carbonyl (C=O) groups is 1. The quantitative estimate of drug-likeness (QED) is 0.268. The minimum absolute atomic E-state index is 0.0616. The number of rotatable bonds is 8. The van der Waals surface area contributed by atoms with Crippen LogP contribution in [-0.2, 0) is 24.2 Å². The summed E-state index contributed by atoms with van der Waals surface area (Å²) in [6, 6.07) is 16.6. The van der Waals surface area contributed by atoms with Crippen LogP contribution in [0.4, 0.5) is 17.5 Å². The van der Waals surface area contributed by atoms with Crippen LogP contribution in [0.3, 0.4) is 0 Å². The van der Waals surface area contributed by atoms with Crippen molar-refractivity contribution in [2.45, 2.75) is 77.0 Å². The van der Waals surface area contributed by atoms with E-state index in [-0.39, 0.29) is 18.0 Å². The number of nitrogens with zero attached hydrogens (tertiary/aromatic N) is 4. The van der Waals surface area contributed by atoms with Gasteiger partial charge in [0.2, 0.25) is 11.9 Å². The van der Waals surface area contributed by atoms with Gasteiger partial charge >= 0.3 is 0 Å². The Bertz CT molecular complexity index is 1510. The smallest absolute Gasteiger partial charge is 0.225 e. The van der Waals surface area contributed by atoms with Gasteiger partial charge in [0.05, 0.1) is 11.4 Å². The highest BCUT2D eigenvalue weighted by molar-refractivity contribution is 6.03. The topological polar surface area (TPSA) is 86.4 Å². The molecule has 0 aliphatic heterocycles. The number of nitrogens with one attached hydrogen (secondary N) is 2. The zero-order chi connectivity index (χ0) is 28.3. The molecule has 4 aromatic rings. The molecule has 2 aromatic heterocycles. The van der Waals surface area contributed by atoms with Gasteiger partial charge < -0.3 is 24.8 Å². The molecule has 214 valence electrons. The summed E-state index contributed by atoms with van der Waals surface area (Å²) in [6.45, 7) is 2.17. The molecule has 0 atom stereocenters. The third kappa shape index (κ3) is 5.87. The van der Waals surface area contributed by atoms with Crippen LogP contribution in [0, 0.1) is 0 Å². The van der Waals surface area contributed by atoms with E-state index in [1.165, 1.54) is 24.1 Å². The van der Waals surface area contributed by atoms with Gasteiger partial charge in [-0.25, -0.2) is 4.98 Å². The van der Waals surface area contributed by atoms with E-state index < -0.39 is 0 Å². The highest BCUT2D eigenvalue weighted by atomic mass is 16.5. The summed E-state index contributed by atoms with van der Waals surface area (Å²) in [5.74, 6) is 2.63. The van der Waals surface area contributed by atoms with Crippen molar-refractivity contribution in [3.05, 3.63) is 71.5 Å². The lowest BCUT2D eigenvalue weighted by atomic mass is 9.89. The molecule has 2 N–H and O–H groups in total. The molecule has 1 saturated carbocycles. The Balaban J connectivity index is 1.15. The average molecular weight is 553 g/mol. The summed E-state index contributed by atoms with van der Waals surface area (Å²) in [5, 5.41) is 4.64. The molecule has 8 heteroatoms. The largest absolute Gasteiger partial charge is 0.489 e. The lowest BCUT2D eigenvalue weighted by Gasteiger charge is -2.36. The van der Waals surface area contributed by atoms with Crippen molar-refractivity contribution in [3.63, 3.8) is 0 Å². The van der Waals surface area contributed by atoms with Gasteiger partial charge in [0.15, 0.2) is 0 Å². The van der Waals surface area contributed by atoms with Gasteiger partial charge in [0.1, 0.15) is 18.2 Å². The summed E-state index contributed by atoms with van der Waals surface area (Å²) in [6.07, 6.45) is 10.2. The van der Waals surface area contributed by atoms with E-state index in [0.29, 0.717) is 6.61 Å². The van der Waals surface area contributed by atoms with Gasteiger partial charge in [-0.15, -0.1) is 0 Å². The molecule has 2 aliphatic rings. The lowest BCUT2D eigenvalue weighted by Crippen LogP contribution is -2.43. The van der Waals surface area contributed by atoms with Crippen LogP contribution in [0.25, 0.3) is 10.9 Å². The Hall–Kier alpha value is -4.07. The summed E-state index contributed by atoms with van der Waals surface area (Å²) in [7, 11) is 4.12. The Morgan fingerprint density at radius 3 is 2.56 bits per heavy atom. The predicted molar refractivity (Wildman–Crippen MR) is 165 cm³/mol. The van der Waals surface area contributed by atoms with Crippen LogP contribution in [0.1, 0.15) is 62.3 Å². The highest BCUT2D eigenvalue weighted by Gasteiger charge is 2.30. The van der Waals surface area contributed by atoms with Crippen LogP contribution < -0.4 is 19.9 Å². The Morgan fingerprint density at radius 1 is 1.02 bits per heavy atom. The number of ether oxygens (including phenoxy) is 1. The van der Waals surface area contributed by atoms with E-state index in [1.54, 1.807) is 6.92 Å². The maximum atomic E-state index is 13.0. The number of aromatic nitrogens is 3. The molecular formula is C33H40N6O2. The third-order valence-electron chi connectivity index (χ3n) is 8.46. The number of anilines is 3. The van der Waals surface area contributed by atoms with Gasteiger partial charge in [0.25, 0.3) is 0 Å². The molecule has 6 rings (SSSR count). The Labute approximate surface area is 242 Å². The summed E-state index contributed by atoms with van der Waals surface area (Å²) in [4.78, 5) is 30.3. The van der Waals surface area contributed by atoms with E-state index in [0.717, 1.165) is 78.2 Å². The first-order chi connectivity index (χ1) is 20.0. The number of amides is 1. The normalized spacial score (nSPS) is 18.5. The number of benzene rings is 2. The second kappa shape index (κ2) is 11.8. The van der Waals surface area contributed by atoms with Crippen LogP contribution in [0.15, 0.2) is 54.7 Å². The molecular weight excluding hydrogens is 512 g/mol.